The maximum Gasteiger partial charge on any atom is 0.321 e. The van der Waals surface area contributed by atoms with Crippen LogP contribution in [0.4, 0.5) is 16.2 Å². The molecule has 220 valence electrons. The number of benzene rings is 2. The topological polar surface area (TPSA) is 154 Å². The number of amides is 3. The van der Waals surface area contributed by atoms with Gasteiger partial charge < -0.3 is 29.5 Å². The van der Waals surface area contributed by atoms with E-state index in [1.54, 1.807) is 38.2 Å². The van der Waals surface area contributed by atoms with Crippen LogP contribution in [-0.2, 0) is 10.0 Å². The summed E-state index contributed by atoms with van der Waals surface area (Å²) in [6.07, 6.45) is -0.647. The molecule has 3 N–H and O–H groups in total. The van der Waals surface area contributed by atoms with E-state index < -0.39 is 28.1 Å². The van der Waals surface area contributed by atoms with E-state index in [2.05, 4.69) is 15.2 Å². The number of carbonyl (C=O) groups is 2. The molecule has 4 rings (SSSR count). The monoisotopic (exact) mass is 585 g/mol. The van der Waals surface area contributed by atoms with Crippen molar-refractivity contribution >= 4 is 33.3 Å². The summed E-state index contributed by atoms with van der Waals surface area (Å²) in [6.45, 7) is 6.71. The molecular formula is C28H35N5O7S. The van der Waals surface area contributed by atoms with Crippen LogP contribution in [0.2, 0.25) is 0 Å². The fraction of sp³-hybridized carbons (Fsp3) is 0.393. The van der Waals surface area contributed by atoms with Crippen LogP contribution in [0.15, 0.2) is 57.9 Å². The minimum absolute atomic E-state index is 0.0244. The molecule has 0 aliphatic carbocycles. The lowest BCUT2D eigenvalue weighted by Gasteiger charge is -2.38. The van der Waals surface area contributed by atoms with Crippen LogP contribution in [0.25, 0.3) is 0 Å². The molecule has 0 bridgehead atoms. The molecule has 3 amide bonds. The summed E-state index contributed by atoms with van der Waals surface area (Å²) in [7, 11) is -2.54. The van der Waals surface area contributed by atoms with Gasteiger partial charge in [0.1, 0.15) is 11.8 Å². The van der Waals surface area contributed by atoms with E-state index in [0.29, 0.717) is 5.69 Å². The molecule has 0 saturated carbocycles. The lowest BCUT2D eigenvalue weighted by molar-refractivity contribution is 0.0373. The van der Waals surface area contributed by atoms with Crippen molar-refractivity contribution in [2.75, 3.05) is 36.8 Å². The smallest absolute Gasteiger partial charge is 0.321 e. The number of aryl methyl sites for hydroxylation is 2. The Bertz CT molecular complexity index is 1490. The molecule has 0 radical (unpaired) electrons. The molecule has 13 heteroatoms. The molecule has 0 unspecified atom stereocenters. The van der Waals surface area contributed by atoms with Gasteiger partial charge in [-0.15, -0.1) is 0 Å². The molecule has 2 aromatic carbocycles. The van der Waals surface area contributed by atoms with Gasteiger partial charge in [0.15, 0.2) is 16.4 Å². The van der Waals surface area contributed by atoms with Gasteiger partial charge in [0.05, 0.1) is 30.4 Å². The number of hydrogen-bond acceptors (Lipinski definition) is 8. The summed E-state index contributed by atoms with van der Waals surface area (Å²) in [4.78, 5) is 29.6. The fourth-order valence-corrected chi connectivity index (χ4v) is 6.08. The number of nitrogens with zero attached hydrogens (tertiary/aromatic N) is 3. The van der Waals surface area contributed by atoms with E-state index in [1.807, 2.05) is 25.1 Å². The highest BCUT2D eigenvalue weighted by Gasteiger charge is 2.36. The molecule has 3 aromatic rings. The Hall–Kier alpha value is -4.10. The van der Waals surface area contributed by atoms with Crippen molar-refractivity contribution in [1.29, 1.82) is 0 Å². The molecule has 12 nitrogen and oxygen atoms in total. The van der Waals surface area contributed by atoms with Crippen molar-refractivity contribution in [1.82, 2.24) is 15.0 Å². The molecule has 1 aliphatic rings. The third-order valence-electron chi connectivity index (χ3n) is 7.00. The summed E-state index contributed by atoms with van der Waals surface area (Å²) in [5.74, 6) is -0.580. The first-order valence-corrected chi connectivity index (χ1v) is 14.7. The van der Waals surface area contributed by atoms with E-state index in [4.69, 9.17) is 9.26 Å². The average molecular weight is 586 g/mol. The normalized spacial score (nSPS) is 18.0. The number of urea groups is 1. The molecule has 1 aromatic heterocycles. The number of likely N-dealkylation sites (N-methyl/N-ethyl adjacent to an activating group) is 1. The molecule has 0 spiro atoms. The predicted octanol–water partition coefficient (Wildman–Crippen LogP) is 3.48. The Kier molecular flexibility index (Phi) is 8.88. The minimum Gasteiger partial charge on any atom is -0.485 e. The fourth-order valence-electron chi connectivity index (χ4n) is 4.69. The quantitative estimate of drug-likeness (QED) is 0.363. The standard InChI is InChI=1S/C28H35N5O7S/c1-17-14-33(18(2)16-34)27(35)22-12-9-13-23(31-41(37,38)26-19(3)30-40-20(26)4)25(22)39-24(17)15-32(5)28(36)29-21-10-7-6-8-11-21/h6-13,17-18,24,31,34H,14-16H2,1-5H3,(H,29,36)/t17-,18+,24-/m0/s1. The summed E-state index contributed by atoms with van der Waals surface area (Å²) in [5.41, 5.74) is 0.984. The average Bonchev–Trinajstić information content (AvgIpc) is 3.29. The summed E-state index contributed by atoms with van der Waals surface area (Å²) in [5, 5.41) is 16.5. The molecule has 0 fully saturated rings. The van der Waals surface area contributed by atoms with Gasteiger partial charge in [-0.25, -0.2) is 13.2 Å². The second kappa shape index (κ2) is 12.2. The Morgan fingerprint density at radius 2 is 1.90 bits per heavy atom. The molecule has 3 atom stereocenters. The first kappa shape index (κ1) is 29.9. The molecule has 0 saturated heterocycles. The number of carbonyl (C=O) groups excluding carboxylic acids is 2. The lowest BCUT2D eigenvalue weighted by atomic mass is 9.99. The van der Waals surface area contributed by atoms with Crippen molar-refractivity contribution in [2.24, 2.45) is 5.92 Å². The molecule has 1 aliphatic heterocycles. The van der Waals surface area contributed by atoms with Crippen molar-refractivity contribution < 1.29 is 32.4 Å². The van der Waals surface area contributed by atoms with Crippen molar-refractivity contribution in [3.05, 3.63) is 65.5 Å². The Labute approximate surface area is 239 Å². The van der Waals surface area contributed by atoms with Gasteiger partial charge in [0.25, 0.3) is 15.9 Å². The highest BCUT2D eigenvalue weighted by atomic mass is 32.2. The number of nitrogens with one attached hydrogen (secondary N) is 2. The first-order valence-electron chi connectivity index (χ1n) is 13.2. The number of aromatic nitrogens is 1. The predicted molar refractivity (Wildman–Crippen MR) is 152 cm³/mol. The number of anilines is 2. The highest BCUT2D eigenvalue weighted by molar-refractivity contribution is 7.92. The SMILES string of the molecule is Cc1noc(C)c1S(=O)(=O)Nc1cccc2c1O[C@@H](CN(C)C(=O)Nc1ccccc1)[C@@H](C)CN([C@H](C)CO)C2=O. The summed E-state index contributed by atoms with van der Waals surface area (Å²) < 4.78 is 40.7. The second-order valence-electron chi connectivity index (χ2n) is 10.2. The van der Waals surface area contributed by atoms with Crippen molar-refractivity contribution in [3.8, 4) is 5.75 Å². The van der Waals surface area contributed by atoms with E-state index >= 15 is 0 Å². The number of aliphatic hydroxyl groups excluding tert-OH is 1. The number of hydrogen-bond donors (Lipinski definition) is 3. The zero-order valence-corrected chi connectivity index (χ0v) is 24.4. The summed E-state index contributed by atoms with van der Waals surface area (Å²) in [6, 6.07) is 12.7. The van der Waals surface area contributed by atoms with E-state index in [0.717, 1.165) is 0 Å². The third-order valence-corrected chi connectivity index (χ3v) is 8.61. The zero-order valence-electron chi connectivity index (χ0n) is 23.6. The van der Waals surface area contributed by atoms with Gasteiger partial charge in [-0.1, -0.05) is 36.3 Å². The van der Waals surface area contributed by atoms with Crippen LogP contribution in [0.1, 0.15) is 35.7 Å². The lowest BCUT2D eigenvalue weighted by Crippen LogP contribution is -2.50. The van der Waals surface area contributed by atoms with Crippen LogP contribution >= 0.6 is 0 Å². The van der Waals surface area contributed by atoms with Gasteiger partial charge in [-0.2, -0.15) is 0 Å². The molecular weight excluding hydrogens is 550 g/mol. The van der Waals surface area contributed by atoms with Gasteiger partial charge in [0.2, 0.25) is 0 Å². The minimum atomic E-state index is -4.17. The van der Waals surface area contributed by atoms with Crippen molar-refractivity contribution in [2.45, 2.75) is 44.7 Å². The maximum atomic E-state index is 13.7. The van der Waals surface area contributed by atoms with Gasteiger partial charge in [-0.3, -0.25) is 9.52 Å². The number of aliphatic hydroxyl groups is 1. The number of para-hydroxylation sites is 2. The summed E-state index contributed by atoms with van der Waals surface area (Å²) >= 11 is 0. The van der Waals surface area contributed by atoms with Gasteiger partial charge in [-0.05, 0) is 45.0 Å². The number of ether oxygens (including phenoxy) is 1. The Balaban J connectivity index is 1.71. The van der Waals surface area contributed by atoms with E-state index in [-0.39, 0.29) is 65.0 Å². The number of rotatable bonds is 8. The van der Waals surface area contributed by atoms with Crippen LogP contribution in [0.5, 0.6) is 5.75 Å². The zero-order chi connectivity index (χ0) is 29.9. The van der Waals surface area contributed by atoms with Gasteiger partial charge >= 0.3 is 6.03 Å². The number of fused-ring (bicyclic) bond motifs is 1. The van der Waals surface area contributed by atoms with Gasteiger partial charge in [0, 0.05) is 25.2 Å². The first-order chi connectivity index (χ1) is 19.4. The van der Waals surface area contributed by atoms with Crippen LogP contribution in [0, 0.1) is 19.8 Å². The molecule has 41 heavy (non-hydrogen) atoms. The Morgan fingerprint density at radius 3 is 2.54 bits per heavy atom. The highest BCUT2D eigenvalue weighted by Crippen LogP contribution is 2.36. The van der Waals surface area contributed by atoms with Crippen LogP contribution < -0.4 is 14.8 Å². The second-order valence-corrected chi connectivity index (χ2v) is 11.9. The van der Waals surface area contributed by atoms with Crippen molar-refractivity contribution in [3.63, 3.8) is 0 Å². The third kappa shape index (κ3) is 6.46. The largest absolute Gasteiger partial charge is 0.485 e. The van der Waals surface area contributed by atoms with Crippen LogP contribution in [-0.4, -0.2) is 79.3 Å². The Morgan fingerprint density at radius 1 is 1.20 bits per heavy atom. The van der Waals surface area contributed by atoms with E-state index in [9.17, 15) is 23.1 Å². The van der Waals surface area contributed by atoms with E-state index in [1.165, 1.54) is 29.7 Å². The molecule has 2 heterocycles. The maximum absolute atomic E-state index is 13.7. The van der Waals surface area contributed by atoms with Crippen LogP contribution in [0.3, 0.4) is 0 Å². The number of sulfonamides is 1.